The Morgan fingerprint density at radius 2 is 1.85 bits per heavy atom. The highest BCUT2D eigenvalue weighted by molar-refractivity contribution is 8.00. The molecule has 26 heavy (non-hydrogen) atoms. The van der Waals surface area contributed by atoms with Crippen LogP contribution in [0.2, 0.25) is 0 Å². The van der Waals surface area contributed by atoms with Gasteiger partial charge in [0.1, 0.15) is 16.9 Å². The summed E-state index contributed by atoms with van der Waals surface area (Å²) in [4.78, 5) is 16.5. The first-order valence-electron chi connectivity index (χ1n) is 8.42. The Kier molecular flexibility index (Phi) is 5.61. The van der Waals surface area contributed by atoms with E-state index in [0.29, 0.717) is 12.3 Å². The quantitative estimate of drug-likeness (QED) is 0.776. The fourth-order valence-corrected chi connectivity index (χ4v) is 4.21. The van der Waals surface area contributed by atoms with Gasteiger partial charge in [-0.1, -0.05) is 12.1 Å². The Hall–Kier alpha value is -2.34. The predicted molar refractivity (Wildman–Crippen MR) is 106 cm³/mol. The average Bonchev–Trinajstić information content (AvgIpc) is 3.02. The van der Waals surface area contributed by atoms with E-state index in [0.717, 1.165) is 28.3 Å². The summed E-state index contributed by atoms with van der Waals surface area (Å²) in [6.45, 7) is 0.583. The topological polar surface area (TPSA) is 42.0 Å². The molecule has 1 aliphatic rings. The van der Waals surface area contributed by atoms with Crippen molar-refractivity contribution in [2.45, 2.75) is 11.9 Å². The number of rotatable bonds is 6. The van der Waals surface area contributed by atoms with E-state index in [1.165, 1.54) is 0 Å². The zero-order valence-electron chi connectivity index (χ0n) is 15.6. The van der Waals surface area contributed by atoms with Crippen LogP contribution in [0, 0.1) is 0 Å². The maximum absolute atomic E-state index is 12.5. The Morgan fingerprint density at radius 3 is 2.46 bits per heavy atom. The van der Waals surface area contributed by atoms with Crippen molar-refractivity contribution >= 4 is 23.4 Å². The van der Waals surface area contributed by atoms with Crippen LogP contribution in [0.25, 0.3) is 0 Å². The summed E-state index contributed by atoms with van der Waals surface area (Å²) in [6.07, 6.45) is 0. The summed E-state index contributed by atoms with van der Waals surface area (Å²) in [7, 11) is 7.30. The second-order valence-corrected chi connectivity index (χ2v) is 7.42. The van der Waals surface area contributed by atoms with Gasteiger partial charge in [-0.05, 0) is 29.8 Å². The van der Waals surface area contributed by atoms with Gasteiger partial charge in [0.05, 0.1) is 20.0 Å². The van der Waals surface area contributed by atoms with Crippen LogP contribution < -0.4 is 14.4 Å². The molecule has 0 aliphatic carbocycles. The molecular weight excluding hydrogens is 348 g/mol. The minimum absolute atomic E-state index is 0.0584. The number of anilines is 1. The Labute approximate surface area is 158 Å². The second kappa shape index (κ2) is 7.91. The lowest BCUT2D eigenvalue weighted by Crippen LogP contribution is -2.27. The number of hydrogen-bond acceptors (Lipinski definition) is 5. The van der Waals surface area contributed by atoms with Gasteiger partial charge in [-0.2, -0.15) is 0 Å². The van der Waals surface area contributed by atoms with Crippen molar-refractivity contribution in [1.29, 1.82) is 0 Å². The Morgan fingerprint density at radius 1 is 1.12 bits per heavy atom. The second-order valence-electron chi connectivity index (χ2n) is 6.35. The van der Waals surface area contributed by atoms with E-state index in [-0.39, 0.29) is 11.3 Å². The third-order valence-electron chi connectivity index (χ3n) is 4.48. The SMILES string of the molecule is COc1ccc(C2SCC(=O)N2Cc2ccc(N(C)C)cc2)c(OC)c1. The monoisotopic (exact) mass is 372 g/mol. The van der Waals surface area contributed by atoms with Crippen molar-refractivity contribution in [3.05, 3.63) is 53.6 Å². The molecule has 0 bridgehead atoms. The molecule has 0 N–H and O–H groups in total. The molecule has 6 heteroatoms. The van der Waals surface area contributed by atoms with Crippen molar-refractivity contribution in [2.75, 3.05) is 39.0 Å². The third kappa shape index (κ3) is 3.75. The number of nitrogens with zero attached hydrogens (tertiary/aromatic N) is 2. The number of carbonyl (C=O) groups excluding carboxylic acids is 1. The van der Waals surface area contributed by atoms with Crippen LogP contribution in [0.5, 0.6) is 11.5 Å². The molecule has 1 aliphatic heterocycles. The summed E-state index contributed by atoms with van der Waals surface area (Å²) in [6, 6.07) is 14.1. The first kappa shape index (κ1) is 18.5. The highest BCUT2D eigenvalue weighted by Crippen LogP contribution is 2.44. The lowest BCUT2D eigenvalue weighted by Gasteiger charge is -2.26. The molecule has 1 unspecified atom stereocenters. The molecule has 1 saturated heterocycles. The van der Waals surface area contributed by atoms with Crippen LogP contribution in [0.3, 0.4) is 0 Å². The first-order chi connectivity index (χ1) is 12.5. The number of benzene rings is 2. The molecule has 138 valence electrons. The maximum atomic E-state index is 12.5. The van der Waals surface area contributed by atoms with Gasteiger partial charge in [-0.3, -0.25) is 4.79 Å². The number of hydrogen-bond donors (Lipinski definition) is 0. The summed E-state index contributed by atoms with van der Waals surface area (Å²) in [5.74, 6) is 2.11. The van der Waals surface area contributed by atoms with Crippen LogP contribution in [-0.2, 0) is 11.3 Å². The van der Waals surface area contributed by atoms with Crippen LogP contribution in [0.1, 0.15) is 16.5 Å². The van der Waals surface area contributed by atoms with Crippen molar-refractivity contribution in [2.24, 2.45) is 0 Å². The van der Waals surface area contributed by atoms with Crippen molar-refractivity contribution in [3.8, 4) is 11.5 Å². The van der Waals surface area contributed by atoms with Crippen LogP contribution >= 0.6 is 11.8 Å². The summed E-state index contributed by atoms with van der Waals surface area (Å²) in [5.41, 5.74) is 3.25. The summed E-state index contributed by atoms with van der Waals surface area (Å²) >= 11 is 1.63. The number of thioether (sulfide) groups is 1. The third-order valence-corrected chi connectivity index (χ3v) is 5.72. The standard InChI is InChI=1S/C20H24N2O3S/c1-21(2)15-7-5-14(6-8-15)12-22-19(23)13-26-20(22)17-10-9-16(24-3)11-18(17)25-4/h5-11,20H,12-13H2,1-4H3. The average molecular weight is 372 g/mol. The zero-order valence-corrected chi connectivity index (χ0v) is 16.4. The maximum Gasteiger partial charge on any atom is 0.234 e. The van der Waals surface area contributed by atoms with Crippen LogP contribution in [0.15, 0.2) is 42.5 Å². The zero-order chi connectivity index (χ0) is 18.7. The molecule has 2 aromatic rings. The van der Waals surface area contributed by atoms with E-state index in [1.54, 1.807) is 26.0 Å². The predicted octanol–water partition coefficient (Wildman–Crippen LogP) is 3.54. The van der Waals surface area contributed by atoms with Crippen LogP contribution in [0.4, 0.5) is 5.69 Å². The molecule has 1 fully saturated rings. The van der Waals surface area contributed by atoms with Gasteiger partial charge < -0.3 is 19.3 Å². The van der Waals surface area contributed by atoms with Gasteiger partial charge in [0.15, 0.2) is 0 Å². The van der Waals surface area contributed by atoms with E-state index < -0.39 is 0 Å². The molecule has 0 saturated carbocycles. The first-order valence-corrected chi connectivity index (χ1v) is 9.47. The van der Waals surface area contributed by atoms with Crippen molar-refractivity contribution < 1.29 is 14.3 Å². The Balaban J connectivity index is 1.85. The van der Waals surface area contributed by atoms with Gasteiger partial charge >= 0.3 is 0 Å². The van der Waals surface area contributed by atoms with E-state index in [9.17, 15) is 4.79 Å². The fraction of sp³-hybridized carbons (Fsp3) is 0.350. The lowest BCUT2D eigenvalue weighted by atomic mass is 10.1. The van der Waals surface area contributed by atoms with Crippen molar-refractivity contribution in [1.82, 2.24) is 4.90 Å². The number of carbonyl (C=O) groups is 1. The highest BCUT2D eigenvalue weighted by Gasteiger charge is 2.34. The molecule has 0 spiro atoms. The largest absolute Gasteiger partial charge is 0.497 e. The summed E-state index contributed by atoms with van der Waals surface area (Å²) in [5, 5.41) is -0.0584. The Bertz CT molecular complexity index is 777. The molecular formula is C20H24N2O3S. The lowest BCUT2D eigenvalue weighted by molar-refractivity contribution is -0.128. The van der Waals surface area contributed by atoms with Gasteiger partial charge in [-0.15, -0.1) is 11.8 Å². The molecule has 3 rings (SSSR count). The summed E-state index contributed by atoms with van der Waals surface area (Å²) < 4.78 is 10.8. The van der Waals surface area contributed by atoms with Gasteiger partial charge in [0, 0.05) is 38.0 Å². The van der Waals surface area contributed by atoms with Gasteiger partial charge in [0.25, 0.3) is 0 Å². The molecule has 1 heterocycles. The number of ether oxygens (including phenoxy) is 2. The number of methoxy groups -OCH3 is 2. The van der Waals surface area contributed by atoms with E-state index >= 15 is 0 Å². The molecule has 1 atom stereocenters. The smallest absolute Gasteiger partial charge is 0.234 e. The van der Waals surface area contributed by atoms with Crippen molar-refractivity contribution in [3.63, 3.8) is 0 Å². The molecule has 2 aromatic carbocycles. The van der Waals surface area contributed by atoms with E-state index in [1.807, 2.05) is 37.2 Å². The molecule has 0 aromatic heterocycles. The van der Waals surface area contributed by atoms with Gasteiger partial charge in [0.2, 0.25) is 5.91 Å². The minimum atomic E-state index is -0.0584. The number of amides is 1. The van der Waals surface area contributed by atoms with Gasteiger partial charge in [-0.25, -0.2) is 0 Å². The molecule has 1 amide bonds. The molecule has 0 radical (unpaired) electrons. The van der Waals surface area contributed by atoms with E-state index in [2.05, 4.69) is 29.2 Å². The van der Waals surface area contributed by atoms with Crippen LogP contribution in [-0.4, -0.2) is 44.9 Å². The normalized spacial score (nSPS) is 16.7. The molecule has 5 nitrogen and oxygen atoms in total. The highest BCUT2D eigenvalue weighted by atomic mass is 32.2. The minimum Gasteiger partial charge on any atom is -0.497 e. The van der Waals surface area contributed by atoms with E-state index in [4.69, 9.17) is 9.47 Å². The fourth-order valence-electron chi connectivity index (χ4n) is 3.00.